The first kappa shape index (κ1) is 14.4. The van der Waals surface area contributed by atoms with Crippen LogP contribution in [0.2, 0.25) is 0 Å². The maximum atomic E-state index is 12.3. The van der Waals surface area contributed by atoms with Crippen LogP contribution in [0, 0.1) is 11.8 Å². The third kappa shape index (κ3) is 4.62. The monoisotopic (exact) mass is 256 g/mol. The van der Waals surface area contributed by atoms with Crippen molar-refractivity contribution in [1.82, 2.24) is 4.90 Å². The second-order valence-electron chi connectivity index (χ2n) is 5.09. The number of carbonyl (C=O) groups excluding carboxylic acids is 1. The van der Waals surface area contributed by atoms with Gasteiger partial charge in [-0.1, -0.05) is 19.1 Å². The molecule has 0 aromatic heterocycles. The minimum Gasteiger partial charge on any atom is -0.393 e. The average Bonchev–Trinajstić information content (AvgIpc) is 2.30. The molecule has 0 heterocycles. The Labute approximate surface area is 110 Å². The first-order valence-electron chi connectivity index (χ1n) is 6.61. The van der Waals surface area contributed by atoms with Crippen LogP contribution in [0.15, 0.2) is 0 Å². The van der Waals surface area contributed by atoms with Gasteiger partial charge in [0.05, 0.1) is 4.99 Å². The molecule has 2 N–H and O–H groups in total. The fraction of sp³-hybridized carbons (Fsp3) is 0.846. The van der Waals surface area contributed by atoms with Gasteiger partial charge in [0, 0.05) is 25.4 Å². The van der Waals surface area contributed by atoms with Crippen LogP contribution < -0.4 is 5.73 Å². The van der Waals surface area contributed by atoms with E-state index in [1.807, 2.05) is 11.8 Å². The largest absolute Gasteiger partial charge is 0.393 e. The summed E-state index contributed by atoms with van der Waals surface area (Å²) >= 11 is 4.86. The second-order valence-corrected chi connectivity index (χ2v) is 5.62. The molecule has 1 aliphatic carbocycles. The Morgan fingerprint density at radius 3 is 2.41 bits per heavy atom. The van der Waals surface area contributed by atoms with Gasteiger partial charge in [-0.3, -0.25) is 4.79 Å². The minimum absolute atomic E-state index is 0.234. The van der Waals surface area contributed by atoms with E-state index in [-0.39, 0.29) is 5.92 Å². The standard InChI is InChI=1S/C13H24N2OS/c1-3-15(9-8-12(14)17)13(16)11-6-4-10(2)5-7-11/h10-11H,3-9H2,1-2H3,(H2,14,17). The highest BCUT2D eigenvalue weighted by Crippen LogP contribution is 2.29. The predicted molar refractivity (Wildman–Crippen MR) is 74.8 cm³/mol. The molecule has 3 nitrogen and oxygen atoms in total. The van der Waals surface area contributed by atoms with E-state index in [2.05, 4.69) is 6.92 Å². The summed E-state index contributed by atoms with van der Waals surface area (Å²) in [7, 11) is 0. The zero-order valence-electron chi connectivity index (χ0n) is 10.9. The molecule has 98 valence electrons. The number of nitrogens with two attached hydrogens (primary N) is 1. The molecule has 0 saturated heterocycles. The highest BCUT2D eigenvalue weighted by Gasteiger charge is 2.27. The summed E-state index contributed by atoms with van der Waals surface area (Å²) in [4.78, 5) is 14.7. The lowest BCUT2D eigenvalue weighted by Crippen LogP contribution is -2.39. The van der Waals surface area contributed by atoms with Crippen LogP contribution >= 0.6 is 12.2 Å². The Balaban J connectivity index is 2.45. The Hall–Kier alpha value is -0.640. The molecule has 1 rings (SSSR count). The summed E-state index contributed by atoms with van der Waals surface area (Å²) < 4.78 is 0. The highest BCUT2D eigenvalue weighted by molar-refractivity contribution is 7.80. The van der Waals surface area contributed by atoms with Crippen molar-refractivity contribution in [3.8, 4) is 0 Å². The maximum Gasteiger partial charge on any atom is 0.225 e. The van der Waals surface area contributed by atoms with E-state index in [9.17, 15) is 4.79 Å². The summed E-state index contributed by atoms with van der Waals surface area (Å²) in [6.07, 6.45) is 5.09. The molecular weight excluding hydrogens is 232 g/mol. The van der Waals surface area contributed by atoms with Crippen molar-refractivity contribution in [1.29, 1.82) is 0 Å². The molecule has 1 aliphatic rings. The predicted octanol–water partition coefficient (Wildman–Crippen LogP) is 2.34. The van der Waals surface area contributed by atoms with E-state index in [0.717, 1.165) is 25.3 Å². The van der Waals surface area contributed by atoms with Crippen molar-refractivity contribution < 1.29 is 4.79 Å². The van der Waals surface area contributed by atoms with Crippen molar-refractivity contribution >= 4 is 23.1 Å². The Bertz CT molecular complexity index is 273. The maximum absolute atomic E-state index is 12.3. The van der Waals surface area contributed by atoms with Crippen LogP contribution in [0.25, 0.3) is 0 Å². The summed E-state index contributed by atoms with van der Waals surface area (Å²) in [6.45, 7) is 5.72. The third-order valence-corrected chi connectivity index (χ3v) is 3.89. The van der Waals surface area contributed by atoms with Crippen molar-refractivity contribution in [3.05, 3.63) is 0 Å². The quantitative estimate of drug-likeness (QED) is 0.768. The fourth-order valence-corrected chi connectivity index (χ4v) is 2.53. The molecule has 0 atom stereocenters. The van der Waals surface area contributed by atoms with Crippen LogP contribution in [0.5, 0.6) is 0 Å². The molecule has 4 heteroatoms. The average molecular weight is 256 g/mol. The van der Waals surface area contributed by atoms with Crippen molar-refractivity contribution in [2.24, 2.45) is 17.6 Å². The van der Waals surface area contributed by atoms with Crippen molar-refractivity contribution in [2.45, 2.75) is 46.0 Å². The first-order chi connectivity index (χ1) is 8.04. The summed E-state index contributed by atoms with van der Waals surface area (Å²) in [5, 5.41) is 0. The number of carbonyl (C=O) groups is 1. The van der Waals surface area contributed by atoms with Crippen LogP contribution in [0.1, 0.15) is 46.0 Å². The van der Waals surface area contributed by atoms with E-state index in [1.165, 1.54) is 12.8 Å². The number of hydrogen-bond acceptors (Lipinski definition) is 2. The number of thiocarbonyl (C=S) groups is 1. The van der Waals surface area contributed by atoms with Gasteiger partial charge in [0.15, 0.2) is 0 Å². The van der Waals surface area contributed by atoms with Crippen LogP contribution in [-0.4, -0.2) is 28.9 Å². The molecule has 0 bridgehead atoms. The van der Waals surface area contributed by atoms with E-state index < -0.39 is 0 Å². The van der Waals surface area contributed by atoms with Gasteiger partial charge < -0.3 is 10.6 Å². The molecule has 0 radical (unpaired) electrons. The Morgan fingerprint density at radius 2 is 1.94 bits per heavy atom. The normalized spacial score (nSPS) is 24.4. The molecule has 1 amide bonds. The van der Waals surface area contributed by atoms with Gasteiger partial charge in [-0.25, -0.2) is 0 Å². The number of nitrogens with zero attached hydrogens (tertiary/aromatic N) is 1. The smallest absolute Gasteiger partial charge is 0.225 e. The molecule has 0 aromatic rings. The van der Waals surface area contributed by atoms with Crippen LogP contribution in [0.4, 0.5) is 0 Å². The van der Waals surface area contributed by atoms with Crippen LogP contribution in [0.3, 0.4) is 0 Å². The zero-order valence-corrected chi connectivity index (χ0v) is 11.8. The summed E-state index contributed by atoms with van der Waals surface area (Å²) in [6, 6.07) is 0. The Kier molecular flexibility index (Phi) is 5.89. The summed E-state index contributed by atoms with van der Waals surface area (Å²) in [5.74, 6) is 1.32. The molecule has 0 aliphatic heterocycles. The van der Waals surface area contributed by atoms with E-state index in [1.54, 1.807) is 0 Å². The van der Waals surface area contributed by atoms with Gasteiger partial charge in [0.1, 0.15) is 0 Å². The molecule has 1 saturated carbocycles. The summed E-state index contributed by atoms with van der Waals surface area (Å²) in [5.41, 5.74) is 5.49. The van der Waals surface area contributed by atoms with Gasteiger partial charge in [-0.05, 0) is 38.5 Å². The van der Waals surface area contributed by atoms with Gasteiger partial charge >= 0.3 is 0 Å². The number of rotatable bonds is 5. The second kappa shape index (κ2) is 6.94. The van der Waals surface area contributed by atoms with Gasteiger partial charge in [0.2, 0.25) is 5.91 Å². The topological polar surface area (TPSA) is 46.3 Å². The fourth-order valence-electron chi connectivity index (χ4n) is 2.43. The molecule has 1 fully saturated rings. The van der Waals surface area contributed by atoms with Crippen LogP contribution in [-0.2, 0) is 4.79 Å². The van der Waals surface area contributed by atoms with E-state index >= 15 is 0 Å². The Morgan fingerprint density at radius 1 is 1.35 bits per heavy atom. The number of hydrogen-bond donors (Lipinski definition) is 1. The minimum atomic E-state index is 0.234. The molecular formula is C13H24N2OS. The third-order valence-electron chi connectivity index (χ3n) is 3.69. The lowest BCUT2D eigenvalue weighted by molar-refractivity contribution is -0.136. The molecule has 0 spiro atoms. The highest BCUT2D eigenvalue weighted by atomic mass is 32.1. The van der Waals surface area contributed by atoms with E-state index in [0.29, 0.717) is 23.9 Å². The lowest BCUT2D eigenvalue weighted by atomic mass is 9.82. The molecule has 17 heavy (non-hydrogen) atoms. The van der Waals surface area contributed by atoms with E-state index in [4.69, 9.17) is 18.0 Å². The molecule has 0 aromatic carbocycles. The van der Waals surface area contributed by atoms with Crippen molar-refractivity contribution in [3.63, 3.8) is 0 Å². The number of amides is 1. The van der Waals surface area contributed by atoms with Gasteiger partial charge in [0.25, 0.3) is 0 Å². The molecule has 0 unspecified atom stereocenters. The SMILES string of the molecule is CCN(CCC(N)=S)C(=O)C1CCC(C)CC1. The zero-order chi connectivity index (χ0) is 12.8. The first-order valence-corrected chi connectivity index (χ1v) is 7.02. The van der Waals surface area contributed by atoms with Crippen molar-refractivity contribution in [2.75, 3.05) is 13.1 Å². The van der Waals surface area contributed by atoms with Gasteiger partial charge in [-0.2, -0.15) is 0 Å². The van der Waals surface area contributed by atoms with Gasteiger partial charge in [-0.15, -0.1) is 0 Å². The lowest BCUT2D eigenvalue weighted by Gasteiger charge is -2.30.